The molecule has 2 aromatic rings. The highest BCUT2D eigenvalue weighted by Gasteiger charge is 2.40. The Morgan fingerprint density at radius 1 is 0.885 bits per heavy atom. The molecule has 0 aromatic heterocycles. The molecule has 0 radical (unpaired) electrons. The van der Waals surface area contributed by atoms with Crippen LogP contribution in [-0.4, -0.2) is 49.5 Å². The maximum absolute atomic E-state index is 12.7. The van der Waals surface area contributed by atoms with Crippen molar-refractivity contribution >= 4 is 11.8 Å². The Balaban J connectivity index is 2.39. The van der Waals surface area contributed by atoms with Crippen LogP contribution >= 0.6 is 0 Å². The largest absolute Gasteiger partial charge is 0.504 e. The molecule has 0 fully saturated rings. The zero-order valence-corrected chi connectivity index (χ0v) is 13.3. The van der Waals surface area contributed by atoms with Gasteiger partial charge in [-0.2, -0.15) is 0 Å². The van der Waals surface area contributed by atoms with Crippen LogP contribution in [0.3, 0.4) is 0 Å². The number of esters is 1. The van der Waals surface area contributed by atoms with Crippen LogP contribution < -0.4 is 0 Å². The third kappa shape index (κ3) is 2.25. The van der Waals surface area contributed by atoms with E-state index in [1.165, 1.54) is 0 Å². The first-order chi connectivity index (χ1) is 12.2. The van der Waals surface area contributed by atoms with E-state index in [1.54, 1.807) is 0 Å². The Morgan fingerprint density at radius 3 is 1.69 bits per heavy atom. The van der Waals surface area contributed by atoms with Crippen LogP contribution in [0.4, 0.5) is 0 Å². The van der Waals surface area contributed by atoms with E-state index >= 15 is 0 Å². The summed E-state index contributed by atoms with van der Waals surface area (Å²) < 4.78 is 4.59. The summed E-state index contributed by atoms with van der Waals surface area (Å²) in [6.07, 6.45) is -0.459. The van der Waals surface area contributed by atoms with Crippen molar-refractivity contribution in [3.63, 3.8) is 0 Å². The summed E-state index contributed by atoms with van der Waals surface area (Å²) in [5.74, 6) is -7.78. The Labute approximate surface area is 146 Å². The molecule has 0 amide bonds. The summed E-state index contributed by atoms with van der Waals surface area (Å²) in [6.45, 7) is 0. The molecule has 0 atom stereocenters. The summed E-state index contributed by atoms with van der Waals surface area (Å²) >= 11 is 0. The van der Waals surface area contributed by atoms with Crippen molar-refractivity contribution in [2.45, 2.75) is 12.3 Å². The van der Waals surface area contributed by atoms with E-state index in [2.05, 4.69) is 4.74 Å². The molecule has 26 heavy (non-hydrogen) atoms. The second-order valence-corrected chi connectivity index (χ2v) is 5.77. The number of fused-ring (bicyclic) bond motifs is 2. The van der Waals surface area contributed by atoms with E-state index < -0.39 is 58.6 Å². The standard InChI is InChI=1S/C17H14O9/c1-26-10(20)4-5-11-6(2-8(18)14(22)16(11)24)13(21)7-3-9(19)15(23)17(25)12(5)7/h2-3,5,18-19,22-25H,4H2,1H3. The predicted octanol–water partition coefficient (Wildman–Crippen LogP) is 1.16. The van der Waals surface area contributed by atoms with Crippen LogP contribution in [0.1, 0.15) is 39.4 Å². The maximum atomic E-state index is 12.7. The van der Waals surface area contributed by atoms with Gasteiger partial charge in [-0.3, -0.25) is 9.59 Å². The van der Waals surface area contributed by atoms with Crippen LogP contribution in [0.15, 0.2) is 12.1 Å². The number of ether oxygens (including phenoxy) is 1. The molecule has 136 valence electrons. The third-order valence-corrected chi connectivity index (χ3v) is 4.37. The number of carbonyl (C=O) groups excluding carboxylic acids is 2. The number of rotatable bonds is 2. The second kappa shape index (κ2) is 5.73. The number of benzene rings is 2. The second-order valence-electron chi connectivity index (χ2n) is 5.77. The molecule has 0 aliphatic heterocycles. The van der Waals surface area contributed by atoms with Gasteiger partial charge >= 0.3 is 5.97 Å². The minimum Gasteiger partial charge on any atom is -0.504 e. The van der Waals surface area contributed by atoms with Crippen molar-refractivity contribution in [3.8, 4) is 34.5 Å². The Kier molecular flexibility index (Phi) is 3.79. The Hall–Kier alpha value is -3.62. The smallest absolute Gasteiger partial charge is 0.306 e. The van der Waals surface area contributed by atoms with Crippen molar-refractivity contribution in [2.24, 2.45) is 0 Å². The number of phenols is 6. The van der Waals surface area contributed by atoms with Gasteiger partial charge in [-0.1, -0.05) is 0 Å². The van der Waals surface area contributed by atoms with E-state index in [0.717, 1.165) is 19.2 Å². The Morgan fingerprint density at radius 2 is 1.31 bits per heavy atom. The van der Waals surface area contributed by atoms with Crippen molar-refractivity contribution < 1.29 is 45.0 Å². The molecule has 0 bridgehead atoms. The summed E-state index contributed by atoms with van der Waals surface area (Å²) in [6, 6.07) is 1.81. The van der Waals surface area contributed by atoms with Gasteiger partial charge in [-0.15, -0.1) is 0 Å². The first kappa shape index (κ1) is 17.2. The highest BCUT2D eigenvalue weighted by molar-refractivity contribution is 6.14. The average Bonchev–Trinajstić information content (AvgIpc) is 2.61. The molecule has 9 nitrogen and oxygen atoms in total. The van der Waals surface area contributed by atoms with Gasteiger partial charge in [0.25, 0.3) is 0 Å². The monoisotopic (exact) mass is 362 g/mol. The fourth-order valence-electron chi connectivity index (χ4n) is 3.14. The highest BCUT2D eigenvalue weighted by Crippen LogP contribution is 2.54. The van der Waals surface area contributed by atoms with Crippen molar-refractivity contribution in [3.05, 3.63) is 34.4 Å². The molecule has 0 saturated heterocycles. The fourth-order valence-corrected chi connectivity index (χ4v) is 3.14. The lowest BCUT2D eigenvalue weighted by atomic mass is 9.74. The molecule has 1 aliphatic carbocycles. The maximum Gasteiger partial charge on any atom is 0.306 e. The topological polar surface area (TPSA) is 165 Å². The minimum atomic E-state index is -1.19. The van der Waals surface area contributed by atoms with Crippen molar-refractivity contribution in [1.29, 1.82) is 0 Å². The molecule has 3 rings (SSSR count). The lowest BCUT2D eigenvalue weighted by Gasteiger charge is -2.29. The van der Waals surface area contributed by atoms with E-state index in [-0.39, 0.29) is 22.3 Å². The zero-order valence-electron chi connectivity index (χ0n) is 13.3. The lowest BCUT2D eigenvalue weighted by Crippen LogP contribution is -2.22. The number of phenolic OH excluding ortho intramolecular Hbond substituents is 6. The fraction of sp³-hybridized carbons (Fsp3) is 0.176. The van der Waals surface area contributed by atoms with E-state index in [0.29, 0.717) is 0 Å². The molecular formula is C17H14O9. The predicted molar refractivity (Wildman–Crippen MR) is 84.8 cm³/mol. The van der Waals surface area contributed by atoms with Gasteiger partial charge in [-0.05, 0) is 12.1 Å². The summed E-state index contributed by atoms with van der Waals surface area (Å²) in [7, 11) is 1.11. The molecule has 0 heterocycles. The molecule has 0 unspecified atom stereocenters. The van der Waals surface area contributed by atoms with Crippen LogP contribution in [0.5, 0.6) is 34.5 Å². The van der Waals surface area contributed by atoms with Crippen molar-refractivity contribution in [1.82, 2.24) is 0 Å². The van der Waals surface area contributed by atoms with E-state index in [9.17, 15) is 40.2 Å². The van der Waals surface area contributed by atoms with Gasteiger partial charge in [-0.25, -0.2) is 0 Å². The third-order valence-electron chi connectivity index (χ3n) is 4.37. The molecule has 0 spiro atoms. The normalized spacial score (nSPS) is 13.2. The molecule has 0 saturated carbocycles. The van der Waals surface area contributed by atoms with Gasteiger partial charge in [0.1, 0.15) is 0 Å². The molecule has 9 heteroatoms. The summed E-state index contributed by atoms with van der Waals surface area (Å²) in [5, 5.41) is 59.4. The van der Waals surface area contributed by atoms with Crippen LogP contribution in [0.25, 0.3) is 0 Å². The summed E-state index contributed by atoms with van der Waals surface area (Å²) in [5.41, 5.74) is -0.903. The van der Waals surface area contributed by atoms with E-state index in [1.807, 2.05) is 0 Å². The highest BCUT2D eigenvalue weighted by atomic mass is 16.5. The number of hydrogen-bond donors (Lipinski definition) is 6. The first-order valence-corrected chi connectivity index (χ1v) is 7.36. The number of carbonyl (C=O) groups is 2. The number of hydrogen-bond acceptors (Lipinski definition) is 9. The lowest BCUT2D eigenvalue weighted by molar-refractivity contribution is -0.140. The SMILES string of the molecule is COC(=O)CC1c2c(cc(O)c(O)c2O)C(=O)c2cc(O)c(O)c(O)c21. The number of aromatic hydroxyl groups is 6. The van der Waals surface area contributed by atoms with Crippen molar-refractivity contribution in [2.75, 3.05) is 7.11 Å². The molecular weight excluding hydrogens is 348 g/mol. The van der Waals surface area contributed by atoms with Crippen LogP contribution in [-0.2, 0) is 9.53 Å². The van der Waals surface area contributed by atoms with Gasteiger partial charge in [0.2, 0.25) is 11.5 Å². The Bertz CT molecular complexity index is 894. The molecule has 2 aromatic carbocycles. The zero-order chi connectivity index (χ0) is 19.3. The number of methoxy groups -OCH3 is 1. The van der Waals surface area contributed by atoms with E-state index in [4.69, 9.17) is 0 Å². The first-order valence-electron chi connectivity index (χ1n) is 7.36. The quantitative estimate of drug-likeness (QED) is 0.339. The average molecular weight is 362 g/mol. The van der Waals surface area contributed by atoms with Gasteiger partial charge in [0.05, 0.1) is 13.5 Å². The van der Waals surface area contributed by atoms with Crippen LogP contribution in [0.2, 0.25) is 0 Å². The van der Waals surface area contributed by atoms with Gasteiger partial charge in [0.15, 0.2) is 28.8 Å². The van der Waals surface area contributed by atoms with Gasteiger partial charge < -0.3 is 35.4 Å². The molecule has 1 aliphatic rings. The minimum absolute atomic E-state index is 0.219. The van der Waals surface area contributed by atoms with Gasteiger partial charge in [0, 0.05) is 28.2 Å². The summed E-state index contributed by atoms with van der Waals surface area (Å²) in [4.78, 5) is 24.5. The van der Waals surface area contributed by atoms with Crippen LogP contribution in [0, 0.1) is 0 Å². The molecule has 6 N–H and O–H groups in total. The number of ketones is 1.